The Morgan fingerprint density at radius 2 is 1.61 bits per heavy atom. The van der Waals surface area contributed by atoms with Crippen LogP contribution in [0, 0.1) is 12.7 Å². The van der Waals surface area contributed by atoms with Crippen LogP contribution < -0.4 is 9.47 Å². The van der Waals surface area contributed by atoms with E-state index in [1.165, 1.54) is 20.3 Å². The highest BCUT2D eigenvalue weighted by molar-refractivity contribution is 5.95. The summed E-state index contributed by atoms with van der Waals surface area (Å²) in [6.07, 6.45) is 2.20. The molecule has 0 saturated heterocycles. The lowest BCUT2D eigenvalue weighted by Crippen LogP contribution is -2.33. The molecule has 2 rings (SSSR count). The van der Waals surface area contributed by atoms with Crippen molar-refractivity contribution in [3.63, 3.8) is 0 Å². The highest BCUT2D eigenvalue weighted by atomic mass is 19.1. The molecule has 0 saturated carbocycles. The van der Waals surface area contributed by atoms with Gasteiger partial charge < -0.3 is 19.5 Å². The minimum Gasteiger partial charge on any atom is -0.496 e. The number of hydrogen-bond donors (Lipinski definition) is 1. The van der Waals surface area contributed by atoms with E-state index >= 15 is 0 Å². The highest BCUT2D eigenvalue weighted by Gasteiger charge is 2.19. The largest absolute Gasteiger partial charge is 0.496 e. The van der Waals surface area contributed by atoms with Gasteiger partial charge in [0.2, 0.25) is 0 Å². The maximum atomic E-state index is 13.9. The molecule has 7 heteroatoms. The van der Waals surface area contributed by atoms with Crippen molar-refractivity contribution in [2.45, 2.75) is 39.0 Å². The SMILES string of the molecule is COc1cc(C(=O)N(CCCCC(=O)O)CCCc2ccccc2F)cc(OC)c1C. The maximum Gasteiger partial charge on any atom is 0.303 e. The van der Waals surface area contributed by atoms with Crippen molar-refractivity contribution < 1.29 is 28.6 Å². The van der Waals surface area contributed by atoms with Gasteiger partial charge in [0.1, 0.15) is 17.3 Å². The van der Waals surface area contributed by atoms with Crippen molar-refractivity contribution in [3.05, 3.63) is 58.9 Å². The number of unbranched alkanes of at least 4 members (excludes halogenated alkanes) is 1. The van der Waals surface area contributed by atoms with E-state index in [2.05, 4.69) is 0 Å². The van der Waals surface area contributed by atoms with E-state index in [1.807, 2.05) is 6.92 Å². The first-order valence-electron chi connectivity index (χ1n) is 10.3. The molecule has 0 aliphatic rings. The number of benzene rings is 2. The van der Waals surface area contributed by atoms with Crippen molar-refractivity contribution >= 4 is 11.9 Å². The third-order valence-electron chi connectivity index (χ3n) is 5.19. The van der Waals surface area contributed by atoms with Crippen molar-refractivity contribution in [1.29, 1.82) is 0 Å². The van der Waals surface area contributed by atoms with Gasteiger partial charge in [-0.15, -0.1) is 0 Å². The number of aryl methyl sites for hydroxylation is 1. The Morgan fingerprint density at radius 3 is 2.19 bits per heavy atom. The number of aliphatic carboxylic acids is 1. The second-order valence-electron chi connectivity index (χ2n) is 7.34. The first kappa shape index (κ1) is 24.2. The first-order valence-corrected chi connectivity index (χ1v) is 10.3. The number of carboxylic acid groups (broad SMARTS) is 1. The molecule has 2 aromatic rings. The normalized spacial score (nSPS) is 10.6. The Balaban J connectivity index is 2.15. The van der Waals surface area contributed by atoms with Gasteiger partial charge in [0.15, 0.2) is 0 Å². The van der Waals surface area contributed by atoms with Crippen LogP contribution in [0.5, 0.6) is 11.5 Å². The van der Waals surface area contributed by atoms with Gasteiger partial charge in [0.25, 0.3) is 5.91 Å². The summed E-state index contributed by atoms with van der Waals surface area (Å²) in [5.74, 6) is -0.194. The second-order valence-corrected chi connectivity index (χ2v) is 7.34. The number of carbonyl (C=O) groups excluding carboxylic acids is 1. The maximum absolute atomic E-state index is 13.9. The molecule has 0 unspecified atom stereocenters. The molecule has 0 aliphatic heterocycles. The van der Waals surface area contributed by atoms with E-state index in [0.29, 0.717) is 61.4 Å². The van der Waals surface area contributed by atoms with Gasteiger partial charge >= 0.3 is 5.97 Å². The van der Waals surface area contributed by atoms with Gasteiger partial charge in [-0.05, 0) is 56.4 Å². The molecule has 0 spiro atoms. The van der Waals surface area contributed by atoms with Crippen LogP contribution >= 0.6 is 0 Å². The summed E-state index contributed by atoms with van der Waals surface area (Å²) in [5, 5.41) is 8.86. The van der Waals surface area contributed by atoms with Gasteiger partial charge in [0.05, 0.1) is 14.2 Å². The molecule has 1 N–H and O–H groups in total. The van der Waals surface area contributed by atoms with Crippen LogP contribution in [0.3, 0.4) is 0 Å². The lowest BCUT2D eigenvalue weighted by atomic mass is 10.1. The molecule has 0 radical (unpaired) electrons. The summed E-state index contributed by atoms with van der Waals surface area (Å²) < 4.78 is 24.7. The molecule has 2 aromatic carbocycles. The van der Waals surface area contributed by atoms with Crippen LogP contribution in [0.1, 0.15) is 47.2 Å². The third kappa shape index (κ3) is 6.98. The number of methoxy groups -OCH3 is 2. The number of nitrogens with zero attached hydrogens (tertiary/aromatic N) is 1. The van der Waals surface area contributed by atoms with Crippen molar-refractivity contribution in [1.82, 2.24) is 4.90 Å². The lowest BCUT2D eigenvalue weighted by molar-refractivity contribution is -0.137. The van der Waals surface area contributed by atoms with Crippen molar-refractivity contribution in [3.8, 4) is 11.5 Å². The summed E-state index contributed by atoms with van der Waals surface area (Å²) in [6, 6.07) is 9.97. The van der Waals surface area contributed by atoms with Crippen LogP contribution in [-0.4, -0.2) is 49.2 Å². The Labute approximate surface area is 182 Å². The Hall–Kier alpha value is -3.09. The Bertz CT molecular complexity index is 874. The molecule has 31 heavy (non-hydrogen) atoms. The number of hydrogen-bond acceptors (Lipinski definition) is 4. The lowest BCUT2D eigenvalue weighted by Gasteiger charge is -2.24. The first-order chi connectivity index (χ1) is 14.9. The zero-order valence-electron chi connectivity index (χ0n) is 18.3. The number of rotatable bonds is 12. The smallest absolute Gasteiger partial charge is 0.303 e. The fraction of sp³-hybridized carbons (Fsp3) is 0.417. The fourth-order valence-corrected chi connectivity index (χ4v) is 3.45. The minimum absolute atomic E-state index is 0.0590. The number of ether oxygens (including phenoxy) is 2. The molecule has 0 bridgehead atoms. The monoisotopic (exact) mass is 431 g/mol. The van der Waals surface area contributed by atoms with Gasteiger partial charge in [-0.25, -0.2) is 4.39 Å². The van der Waals surface area contributed by atoms with Crippen LogP contribution in [0.4, 0.5) is 4.39 Å². The third-order valence-corrected chi connectivity index (χ3v) is 5.19. The van der Waals surface area contributed by atoms with E-state index in [1.54, 1.807) is 35.2 Å². The fourth-order valence-electron chi connectivity index (χ4n) is 3.45. The van der Waals surface area contributed by atoms with E-state index in [0.717, 1.165) is 5.56 Å². The van der Waals surface area contributed by atoms with E-state index in [9.17, 15) is 14.0 Å². The second kappa shape index (κ2) is 11.9. The van der Waals surface area contributed by atoms with Crippen LogP contribution in [0.2, 0.25) is 0 Å². The topological polar surface area (TPSA) is 76.1 Å². The molecular formula is C24H30FNO5. The summed E-state index contributed by atoms with van der Waals surface area (Å²) in [6.45, 7) is 2.70. The van der Waals surface area contributed by atoms with E-state index in [4.69, 9.17) is 14.6 Å². The summed E-state index contributed by atoms with van der Waals surface area (Å²) in [4.78, 5) is 25.7. The molecule has 0 aliphatic carbocycles. The molecule has 0 heterocycles. The van der Waals surface area contributed by atoms with Crippen LogP contribution in [-0.2, 0) is 11.2 Å². The zero-order valence-corrected chi connectivity index (χ0v) is 18.3. The summed E-state index contributed by atoms with van der Waals surface area (Å²) in [7, 11) is 3.07. The van der Waals surface area contributed by atoms with Gasteiger partial charge in [0, 0.05) is 30.6 Å². The molecule has 6 nitrogen and oxygen atoms in total. The average Bonchev–Trinajstić information content (AvgIpc) is 2.76. The average molecular weight is 432 g/mol. The predicted octanol–water partition coefficient (Wildman–Crippen LogP) is 4.48. The molecule has 168 valence electrons. The summed E-state index contributed by atoms with van der Waals surface area (Å²) in [5.41, 5.74) is 1.84. The van der Waals surface area contributed by atoms with Crippen LogP contribution in [0.15, 0.2) is 36.4 Å². The van der Waals surface area contributed by atoms with Gasteiger partial charge in [-0.1, -0.05) is 18.2 Å². The molecule has 0 fully saturated rings. The minimum atomic E-state index is -0.856. The molecular weight excluding hydrogens is 401 g/mol. The van der Waals surface area contributed by atoms with E-state index in [-0.39, 0.29) is 18.1 Å². The Morgan fingerprint density at radius 1 is 1.00 bits per heavy atom. The number of carboxylic acids is 1. The van der Waals surface area contributed by atoms with Crippen molar-refractivity contribution in [2.75, 3.05) is 27.3 Å². The van der Waals surface area contributed by atoms with Crippen LogP contribution in [0.25, 0.3) is 0 Å². The molecule has 0 aromatic heterocycles. The molecule has 0 atom stereocenters. The van der Waals surface area contributed by atoms with Crippen molar-refractivity contribution in [2.24, 2.45) is 0 Å². The predicted molar refractivity (Wildman–Crippen MR) is 116 cm³/mol. The highest BCUT2D eigenvalue weighted by Crippen LogP contribution is 2.30. The quantitative estimate of drug-likeness (QED) is 0.502. The molecule has 1 amide bonds. The van der Waals surface area contributed by atoms with Gasteiger partial charge in [-0.3, -0.25) is 9.59 Å². The standard InChI is InChI=1S/C24H30FNO5/c1-17-21(30-2)15-19(16-22(17)31-3)24(29)26(13-7-6-12-23(27)28)14-8-10-18-9-4-5-11-20(18)25/h4-5,9,11,15-16H,6-8,10,12-14H2,1-3H3,(H,27,28). The Kier molecular flexibility index (Phi) is 9.31. The number of halogens is 1. The van der Waals surface area contributed by atoms with E-state index < -0.39 is 5.97 Å². The number of amides is 1. The van der Waals surface area contributed by atoms with Gasteiger partial charge in [-0.2, -0.15) is 0 Å². The number of carbonyl (C=O) groups is 2. The zero-order chi connectivity index (χ0) is 22.8. The summed E-state index contributed by atoms with van der Waals surface area (Å²) >= 11 is 0.